The quantitative estimate of drug-likeness (QED) is 0.943. The van der Waals surface area contributed by atoms with Crippen LogP contribution in [0.2, 0.25) is 0 Å². The van der Waals surface area contributed by atoms with Crippen molar-refractivity contribution in [3.63, 3.8) is 0 Å². The lowest BCUT2D eigenvalue weighted by atomic mass is 9.91. The summed E-state index contributed by atoms with van der Waals surface area (Å²) in [6, 6.07) is 12.2. The molecule has 1 aliphatic heterocycles. The molecule has 4 rings (SSSR count). The van der Waals surface area contributed by atoms with Gasteiger partial charge >= 0.3 is 0 Å². The number of nitrogens with one attached hydrogen (secondary N) is 1. The molecule has 0 radical (unpaired) electrons. The molecule has 1 saturated heterocycles. The smallest absolute Gasteiger partial charge is 0.273 e. The van der Waals surface area contributed by atoms with Gasteiger partial charge in [-0.05, 0) is 44.2 Å². The van der Waals surface area contributed by atoms with Gasteiger partial charge in [0.15, 0.2) is 5.69 Å². The maximum atomic E-state index is 12.2. The summed E-state index contributed by atoms with van der Waals surface area (Å²) < 4.78 is 4.76. The number of amides is 1. The van der Waals surface area contributed by atoms with E-state index in [-0.39, 0.29) is 17.5 Å². The van der Waals surface area contributed by atoms with E-state index in [0.717, 1.165) is 18.9 Å². The lowest BCUT2D eigenvalue weighted by molar-refractivity contribution is 0.0929. The first-order valence-electron chi connectivity index (χ1n) is 8.21. The Morgan fingerprint density at radius 1 is 1.30 bits per heavy atom. The highest BCUT2D eigenvalue weighted by Crippen LogP contribution is 2.49. The highest BCUT2D eigenvalue weighted by molar-refractivity contribution is 5.92. The number of carbonyl (C=O) groups is 1. The van der Waals surface area contributed by atoms with Gasteiger partial charge in [0.25, 0.3) is 5.91 Å². The second-order valence-electron chi connectivity index (χ2n) is 6.84. The van der Waals surface area contributed by atoms with Gasteiger partial charge in [-0.2, -0.15) is 0 Å². The number of carbonyl (C=O) groups excluding carboxylic acids is 1. The SMILES string of the molecule is CC1(C2CC2)CC(NC(=O)c2ccon2)CN1c1ccccc1. The largest absolute Gasteiger partial charge is 0.364 e. The van der Waals surface area contributed by atoms with Crippen LogP contribution in [0.25, 0.3) is 0 Å². The van der Waals surface area contributed by atoms with E-state index in [4.69, 9.17) is 4.52 Å². The molecular formula is C18H21N3O2. The molecule has 5 nitrogen and oxygen atoms in total. The van der Waals surface area contributed by atoms with E-state index in [1.54, 1.807) is 6.07 Å². The van der Waals surface area contributed by atoms with Crippen LogP contribution in [0, 0.1) is 5.92 Å². The molecule has 0 spiro atoms. The van der Waals surface area contributed by atoms with Crippen molar-refractivity contribution in [2.24, 2.45) is 5.92 Å². The van der Waals surface area contributed by atoms with E-state index in [9.17, 15) is 4.79 Å². The Hall–Kier alpha value is -2.30. The van der Waals surface area contributed by atoms with Gasteiger partial charge in [-0.3, -0.25) is 4.79 Å². The molecule has 5 heteroatoms. The van der Waals surface area contributed by atoms with E-state index in [1.165, 1.54) is 24.8 Å². The van der Waals surface area contributed by atoms with Crippen molar-refractivity contribution in [2.75, 3.05) is 11.4 Å². The summed E-state index contributed by atoms with van der Waals surface area (Å²) in [5.41, 5.74) is 1.69. The highest BCUT2D eigenvalue weighted by atomic mass is 16.5. The van der Waals surface area contributed by atoms with Gasteiger partial charge < -0.3 is 14.7 Å². The molecule has 1 saturated carbocycles. The lowest BCUT2D eigenvalue weighted by Gasteiger charge is -2.37. The average Bonchev–Trinajstić information content (AvgIpc) is 3.17. The third kappa shape index (κ3) is 2.60. The van der Waals surface area contributed by atoms with E-state index in [0.29, 0.717) is 5.69 Å². The molecule has 23 heavy (non-hydrogen) atoms. The van der Waals surface area contributed by atoms with E-state index in [1.807, 2.05) is 6.07 Å². The molecule has 1 amide bonds. The van der Waals surface area contributed by atoms with Crippen LogP contribution in [-0.2, 0) is 0 Å². The van der Waals surface area contributed by atoms with Crippen molar-refractivity contribution in [1.29, 1.82) is 0 Å². The third-order valence-corrected chi connectivity index (χ3v) is 5.21. The standard InChI is InChI=1S/C18H21N3O2/c1-18(13-7-8-13)11-14(19-17(22)16-9-10-23-20-16)12-21(18)15-5-3-2-4-6-15/h2-6,9-10,13-14H,7-8,11-12H2,1H3,(H,19,22). The van der Waals surface area contributed by atoms with Crippen LogP contribution in [0.3, 0.4) is 0 Å². The highest BCUT2D eigenvalue weighted by Gasteiger charge is 2.51. The Bertz CT molecular complexity index is 682. The number of hydrogen-bond donors (Lipinski definition) is 1. The zero-order chi connectivity index (χ0) is 15.9. The van der Waals surface area contributed by atoms with Crippen molar-refractivity contribution in [1.82, 2.24) is 10.5 Å². The fraction of sp³-hybridized carbons (Fsp3) is 0.444. The Balaban J connectivity index is 1.54. The Morgan fingerprint density at radius 2 is 2.09 bits per heavy atom. The normalized spacial score (nSPS) is 27.2. The number of anilines is 1. The van der Waals surface area contributed by atoms with Crippen LogP contribution < -0.4 is 10.2 Å². The van der Waals surface area contributed by atoms with Crippen LogP contribution >= 0.6 is 0 Å². The summed E-state index contributed by atoms with van der Waals surface area (Å²) in [4.78, 5) is 14.7. The van der Waals surface area contributed by atoms with Crippen molar-refractivity contribution in [2.45, 2.75) is 37.8 Å². The molecule has 2 fully saturated rings. The maximum Gasteiger partial charge on any atom is 0.273 e. The lowest BCUT2D eigenvalue weighted by Crippen LogP contribution is -2.43. The number of rotatable bonds is 4. The monoisotopic (exact) mass is 311 g/mol. The van der Waals surface area contributed by atoms with E-state index < -0.39 is 0 Å². The summed E-state index contributed by atoms with van der Waals surface area (Å²) in [6.45, 7) is 3.17. The van der Waals surface area contributed by atoms with Crippen molar-refractivity contribution < 1.29 is 9.32 Å². The molecule has 2 atom stereocenters. The summed E-state index contributed by atoms with van der Waals surface area (Å²) in [6.07, 6.45) is 4.96. The van der Waals surface area contributed by atoms with Crippen LogP contribution in [0.15, 0.2) is 47.2 Å². The fourth-order valence-corrected chi connectivity index (χ4v) is 3.89. The first-order valence-corrected chi connectivity index (χ1v) is 8.21. The summed E-state index contributed by atoms with van der Waals surface area (Å²) in [5.74, 6) is 0.563. The van der Waals surface area contributed by atoms with Gasteiger partial charge in [0.2, 0.25) is 0 Å². The Kier molecular flexibility index (Phi) is 3.36. The minimum absolute atomic E-state index is 0.114. The van der Waals surface area contributed by atoms with Crippen LogP contribution in [-0.4, -0.2) is 29.2 Å². The molecule has 1 N–H and O–H groups in total. The van der Waals surface area contributed by atoms with Gasteiger partial charge in [0.05, 0.1) is 0 Å². The van der Waals surface area contributed by atoms with Crippen LogP contribution in [0.4, 0.5) is 5.69 Å². The van der Waals surface area contributed by atoms with Gasteiger partial charge in [0.1, 0.15) is 6.26 Å². The molecular weight excluding hydrogens is 290 g/mol. The van der Waals surface area contributed by atoms with Gasteiger partial charge in [-0.1, -0.05) is 23.4 Å². The number of hydrogen-bond acceptors (Lipinski definition) is 4. The predicted octanol–water partition coefficient (Wildman–Crippen LogP) is 2.85. The fourth-order valence-electron chi connectivity index (χ4n) is 3.89. The first-order chi connectivity index (χ1) is 11.2. The van der Waals surface area contributed by atoms with Crippen LogP contribution in [0.1, 0.15) is 36.7 Å². The van der Waals surface area contributed by atoms with Crippen molar-refractivity contribution >= 4 is 11.6 Å². The molecule has 2 aromatic rings. The van der Waals surface area contributed by atoms with Gasteiger partial charge in [-0.15, -0.1) is 0 Å². The van der Waals surface area contributed by atoms with Crippen molar-refractivity contribution in [3.8, 4) is 0 Å². The molecule has 1 aliphatic carbocycles. The molecule has 2 aliphatic rings. The number of para-hydroxylation sites is 1. The number of nitrogens with zero attached hydrogens (tertiary/aromatic N) is 2. The third-order valence-electron chi connectivity index (χ3n) is 5.21. The molecule has 120 valence electrons. The molecule has 2 heterocycles. The minimum atomic E-state index is -0.156. The topological polar surface area (TPSA) is 58.4 Å². The maximum absolute atomic E-state index is 12.2. The van der Waals surface area contributed by atoms with Gasteiger partial charge in [-0.25, -0.2) is 0 Å². The molecule has 0 bridgehead atoms. The average molecular weight is 311 g/mol. The molecule has 1 aromatic carbocycles. The second-order valence-corrected chi connectivity index (χ2v) is 6.84. The second kappa shape index (κ2) is 5.41. The molecule has 1 aromatic heterocycles. The van der Waals surface area contributed by atoms with Crippen molar-refractivity contribution in [3.05, 3.63) is 48.4 Å². The first kappa shape index (κ1) is 14.3. The Labute approximate surface area is 135 Å². The minimum Gasteiger partial charge on any atom is -0.364 e. The number of aromatic nitrogens is 1. The number of benzene rings is 1. The zero-order valence-corrected chi connectivity index (χ0v) is 13.2. The summed E-state index contributed by atoms with van der Waals surface area (Å²) >= 11 is 0. The van der Waals surface area contributed by atoms with E-state index >= 15 is 0 Å². The van der Waals surface area contributed by atoms with Gasteiger partial charge in [0, 0.05) is 29.9 Å². The van der Waals surface area contributed by atoms with Crippen LogP contribution in [0.5, 0.6) is 0 Å². The predicted molar refractivity (Wildman–Crippen MR) is 87.3 cm³/mol. The summed E-state index contributed by atoms with van der Waals surface area (Å²) in [5, 5.41) is 6.83. The van der Waals surface area contributed by atoms with E-state index in [2.05, 4.69) is 46.6 Å². The summed E-state index contributed by atoms with van der Waals surface area (Å²) in [7, 11) is 0. The Morgan fingerprint density at radius 3 is 2.74 bits per heavy atom. The zero-order valence-electron chi connectivity index (χ0n) is 13.2. The molecule has 2 unspecified atom stereocenters.